The van der Waals surface area contributed by atoms with E-state index < -0.39 is 26.6 Å². The summed E-state index contributed by atoms with van der Waals surface area (Å²) in [4.78, 5) is 11.8. The average Bonchev–Trinajstić information content (AvgIpc) is 2.55. The highest BCUT2D eigenvalue weighted by Gasteiger charge is 2.21. The van der Waals surface area contributed by atoms with E-state index in [2.05, 4.69) is 10.0 Å². The van der Waals surface area contributed by atoms with Gasteiger partial charge in [-0.1, -0.05) is 31.2 Å². The Morgan fingerprint density at radius 1 is 1.12 bits per heavy atom. The molecule has 0 fully saturated rings. The quantitative estimate of drug-likeness (QED) is 0.840. The summed E-state index contributed by atoms with van der Waals surface area (Å²) in [6.07, 6.45) is 0.745. The number of hydrogen-bond acceptors (Lipinski definition) is 3. The number of halogens is 1. The van der Waals surface area contributed by atoms with Crippen LogP contribution in [0.25, 0.3) is 0 Å². The molecule has 2 aromatic rings. The fourth-order valence-electron chi connectivity index (χ4n) is 2.04. The van der Waals surface area contributed by atoms with Crippen LogP contribution in [0.4, 0.5) is 10.1 Å². The Hall–Kier alpha value is -2.41. The van der Waals surface area contributed by atoms with Gasteiger partial charge < -0.3 is 5.32 Å². The number of hydrogen-bond donors (Lipinski definition) is 2. The van der Waals surface area contributed by atoms with E-state index in [1.807, 2.05) is 13.8 Å². The lowest BCUT2D eigenvalue weighted by molar-refractivity contribution is 0.0940. The van der Waals surface area contributed by atoms with Crippen molar-refractivity contribution in [1.29, 1.82) is 0 Å². The van der Waals surface area contributed by atoms with E-state index in [1.54, 1.807) is 12.1 Å². The molecule has 0 spiro atoms. The van der Waals surface area contributed by atoms with Gasteiger partial charge >= 0.3 is 0 Å². The van der Waals surface area contributed by atoms with Gasteiger partial charge in [0, 0.05) is 6.04 Å². The summed E-state index contributed by atoms with van der Waals surface area (Å²) in [7, 11) is -4.14. The summed E-state index contributed by atoms with van der Waals surface area (Å²) < 4.78 is 40.8. The first kappa shape index (κ1) is 17.9. The van der Waals surface area contributed by atoms with Gasteiger partial charge in [-0.2, -0.15) is 0 Å². The van der Waals surface area contributed by atoms with Gasteiger partial charge in [0.05, 0.1) is 11.3 Å². The van der Waals surface area contributed by atoms with Gasteiger partial charge in [0.2, 0.25) is 0 Å². The molecule has 0 bridgehead atoms. The molecule has 0 aliphatic rings. The van der Waals surface area contributed by atoms with E-state index in [4.69, 9.17) is 0 Å². The van der Waals surface area contributed by atoms with Crippen LogP contribution < -0.4 is 10.0 Å². The van der Waals surface area contributed by atoms with Crippen LogP contribution in [-0.2, 0) is 10.0 Å². The third-order valence-electron chi connectivity index (χ3n) is 3.53. The Morgan fingerprint density at radius 2 is 1.75 bits per heavy atom. The van der Waals surface area contributed by atoms with Crippen LogP contribution in [0.5, 0.6) is 0 Å². The maximum atomic E-state index is 13.8. The van der Waals surface area contributed by atoms with Gasteiger partial charge in [0.1, 0.15) is 10.7 Å². The molecule has 0 radical (unpaired) electrons. The molecule has 5 nitrogen and oxygen atoms in total. The number of carbonyl (C=O) groups is 1. The van der Waals surface area contributed by atoms with Crippen molar-refractivity contribution in [3.8, 4) is 0 Å². The summed E-state index contributed by atoms with van der Waals surface area (Å²) in [6, 6.07) is 11.2. The zero-order chi connectivity index (χ0) is 17.7. The third-order valence-corrected chi connectivity index (χ3v) is 4.93. The average molecular weight is 350 g/mol. The predicted octanol–water partition coefficient (Wildman–Crippen LogP) is 3.15. The van der Waals surface area contributed by atoms with Crippen molar-refractivity contribution >= 4 is 21.6 Å². The normalized spacial score (nSPS) is 12.5. The Balaban J connectivity index is 2.34. The standard InChI is InChI=1S/C17H19FN2O3S/c1-3-12(2)19-17(21)13-8-4-6-10-15(13)20-24(22,23)16-11-7-5-9-14(16)18/h4-12,20H,3H2,1-2H3,(H,19,21). The molecule has 0 saturated heterocycles. The van der Waals surface area contributed by atoms with Crippen molar-refractivity contribution < 1.29 is 17.6 Å². The molecule has 0 aliphatic heterocycles. The minimum absolute atomic E-state index is 0.0475. The molecule has 2 N–H and O–H groups in total. The summed E-state index contributed by atoms with van der Waals surface area (Å²) in [5.41, 5.74) is 0.277. The maximum Gasteiger partial charge on any atom is 0.264 e. The number of carbonyl (C=O) groups excluding carboxylic acids is 1. The summed E-state index contributed by atoms with van der Waals surface area (Å²) >= 11 is 0. The molecule has 7 heteroatoms. The van der Waals surface area contributed by atoms with Crippen molar-refractivity contribution in [2.45, 2.75) is 31.2 Å². The molecular weight excluding hydrogens is 331 g/mol. The van der Waals surface area contributed by atoms with Crippen molar-refractivity contribution in [3.05, 3.63) is 59.9 Å². The monoisotopic (exact) mass is 350 g/mol. The number of sulfonamides is 1. The topological polar surface area (TPSA) is 75.3 Å². The molecule has 1 unspecified atom stereocenters. The zero-order valence-corrected chi connectivity index (χ0v) is 14.2. The van der Waals surface area contributed by atoms with Crippen LogP contribution in [0.1, 0.15) is 30.6 Å². The lowest BCUT2D eigenvalue weighted by Gasteiger charge is -2.15. The Morgan fingerprint density at radius 3 is 2.42 bits per heavy atom. The number of para-hydroxylation sites is 1. The number of amides is 1. The van der Waals surface area contributed by atoms with Crippen molar-refractivity contribution in [3.63, 3.8) is 0 Å². The van der Waals surface area contributed by atoms with Crippen LogP contribution in [0.2, 0.25) is 0 Å². The van der Waals surface area contributed by atoms with E-state index in [9.17, 15) is 17.6 Å². The highest BCUT2D eigenvalue weighted by atomic mass is 32.2. The molecule has 1 atom stereocenters. The van der Waals surface area contributed by atoms with Gasteiger partial charge in [-0.15, -0.1) is 0 Å². The first-order valence-corrected chi connectivity index (χ1v) is 9.00. The van der Waals surface area contributed by atoms with Gasteiger partial charge in [0.25, 0.3) is 15.9 Å². The number of anilines is 1. The van der Waals surface area contributed by atoms with Crippen molar-refractivity contribution in [1.82, 2.24) is 5.32 Å². The van der Waals surface area contributed by atoms with Gasteiger partial charge in [-0.25, -0.2) is 12.8 Å². The smallest absolute Gasteiger partial charge is 0.264 e. The molecule has 0 aromatic heterocycles. The maximum absolute atomic E-state index is 13.8. The molecule has 1 amide bonds. The van der Waals surface area contributed by atoms with Gasteiger partial charge in [-0.05, 0) is 37.6 Å². The second-order valence-corrected chi connectivity index (χ2v) is 7.02. The minimum atomic E-state index is -4.14. The molecule has 0 heterocycles. The molecule has 0 saturated carbocycles. The van der Waals surface area contributed by atoms with Gasteiger partial charge in [-0.3, -0.25) is 9.52 Å². The minimum Gasteiger partial charge on any atom is -0.350 e. The third kappa shape index (κ3) is 4.11. The van der Waals surface area contributed by atoms with E-state index >= 15 is 0 Å². The molecule has 24 heavy (non-hydrogen) atoms. The van der Waals surface area contributed by atoms with E-state index in [-0.39, 0.29) is 17.3 Å². The largest absolute Gasteiger partial charge is 0.350 e. The molecule has 128 valence electrons. The highest BCUT2D eigenvalue weighted by molar-refractivity contribution is 7.92. The fourth-order valence-corrected chi connectivity index (χ4v) is 3.20. The Bertz CT molecular complexity index is 837. The van der Waals surface area contributed by atoms with E-state index in [1.165, 1.54) is 30.3 Å². The second kappa shape index (κ2) is 7.44. The summed E-state index contributed by atoms with van der Waals surface area (Å²) in [5.74, 6) is -1.25. The van der Waals surface area contributed by atoms with Crippen LogP contribution >= 0.6 is 0 Å². The van der Waals surface area contributed by atoms with E-state index in [0.717, 1.165) is 12.5 Å². The highest BCUT2D eigenvalue weighted by Crippen LogP contribution is 2.21. The molecular formula is C17H19FN2O3S. The first-order valence-electron chi connectivity index (χ1n) is 7.52. The zero-order valence-electron chi connectivity index (χ0n) is 13.4. The Kier molecular flexibility index (Phi) is 5.56. The lowest BCUT2D eigenvalue weighted by atomic mass is 10.1. The SMILES string of the molecule is CCC(C)NC(=O)c1ccccc1NS(=O)(=O)c1ccccc1F. The Labute approximate surface area is 141 Å². The fraction of sp³-hybridized carbons (Fsp3) is 0.235. The number of rotatable bonds is 6. The van der Waals surface area contributed by atoms with Gasteiger partial charge in [0.15, 0.2) is 0 Å². The van der Waals surface area contributed by atoms with Crippen LogP contribution in [0, 0.1) is 5.82 Å². The second-order valence-electron chi connectivity index (χ2n) is 5.36. The number of nitrogens with one attached hydrogen (secondary N) is 2. The summed E-state index contributed by atoms with van der Waals surface area (Å²) in [6.45, 7) is 3.78. The van der Waals surface area contributed by atoms with Crippen LogP contribution in [-0.4, -0.2) is 20.4 Å². The van der Waals surface area contributed by atoms with E-state index in [0.29, 0.717) is 0 Å². The number of benzene rings is 2. The van der Waals surface area contributed by atoms with Crippen molar-refractivity contribution in [2.24, 2.45) is 0 Å². The van der Waals surface area contributed by atoms with Crippen LogP contribution in [0.3, 0.4) is 0 Å². The van der Waals surface area contributed by atoms with Crippen molar-refractivity contribution in [2.75, 3.05) is 4.72 Å². The molecule has 2 rings (SSSR count). The lowest BCUT2D eigenvalue weighted by Crippen LogP contribution is -2.32. The van der Waals surface area contributed by atoms with Crippen LogP contribution in [0.15, 0.2) is 53.4 Å². The molecule has 2 aromatic carbocycles. The predicted molar refractivity (Wildman–Crippen MR) is 90.9 cm³/mol. The summed E-state index contributed by atoms with van der Waals surface area (Å²) in [5, 5.41) is 2.78. The first-order chi connectivity index (χ1) is 11.3. The molecule has 0 aliphatic carbocycles.